The molecule has 1 amide bonds. The Morgan fingerprint density at radius 1 is 1.56 bits per heavy atom. The van der Waals surface area contributed by atoms with E-state index in [1.165, 1.54) is 0 Å². The number of aryl methyl sites for hydroxylation is 1. The van der Waals surface area contributed by atoms with Gasteiger partial charge in [0.25, 0.3) is 5.91 Å². The molecule has 0 saturated heterocycles. The number of carbonyl (C=O) groups excluding carboxylic acids is 1. The molecule has 16 heavy (non-hydrogen) atoms. The second kappa shape index (κ2) is 6.00. The third-order valence-corrected chi connectivity index (χ3v) is 5.00. The summed E-state index contributed by atoms with van der Waals surface area (Å²) in [4.78, 5) is 14.0. The molecular formula is C12H15BrINO. The van der Waals surface area contributed by atoms with E-state index >= 15 is 0 Å². The smallest absolute Gasteiger partial charge is 0.254 e. The van der Waals surface area contributed by atoms with Gasteiger partial charge in [0.05, 0.1) is 5.56 Å². The first kappa shape index (κ1) is 14.0. The fraction of sp³-hybridized carbons (Fsp3) is 0.417. The van der Waals surface area contributed by atoms with Crippen molar-refractivity contribution in [3.05, 3.63) is 32.9 Å². The first-order chi connectivity index (χ1) is 7.49. The number of amides is 1. The van der Waals surface area contributed by atoms with E-state index in [1.807, 2.05) is 39.1 Å². The Kier molecular flexibility index (Phi) is 5.24. The second-order valence-corrected chi connectivity index (χ2v) is 5.58. The van der Waals surface area contributed by atoms with Crippen LogP contribution in [0.3, 0.4) is 0 Å². The summed E-state index contributed by atoms with van der Waals surface area (Å²) in [6.07, 6.45) is 0. The molecule has 0 aliphatic carbocycles. The molecule has 88 valence electrons. The van der Waals surface area contributed by atoms with Crippen molar-refractivity contribution in [1.29, 1.82) is 0 Å². The molecule has 1 unspecified atom stereocenters. The molecule has 0 aromatic heterocycles. The second-order valence-electron chi connectivity index (χ2n) is 3.86. The van der Waals surface area contributed by atoms with E-state index in [4.69, 9.17) is 0 Å². The number of alkyl halides is 1. The number of rotatable bonds is 3. The van der Waals surface area contributed by atoms with Gasteiger partial charge in [0, 0.05) is 22.0 Å². The van der Waals surface area contributed by atoms with Gasteiger partial charge in [0.2, 0.25) is 0 Å². The Labute approximate surface area is 119 Å². The largest absolute Gasteiger partial charge is 0.338 e. The third-order valence-electron chi connectivity index (χ3n) is 2.63. The maximum absolute atomic E-state index is 12.2. The Balaban J connectivity index is 3.01. The number of halogens is 2. The summed E-state index contributed by atoms with van der Waals surface area (Å²) in [5.74, 6) is 0.0834. The fourth-order valence-corrected chi connectivity index (χ4v) is 2.33. The predicted molar refractivity (Wildman–Crippen MR) is 79.2 cm³/mol. The number of hydrogen-bond acceptors (Lipinski definition) is 1. The van der Waals surface area contributed by atoms with Crippen molar-refractivity contribution < 1.29 is 4.79 Å². The molecule has 0 radical (unpaired) electrons. The third kappa shape index (κ3) is 2.97. The molecule has 1 rings (SSSR count). The summed E-state index contributed by atoms with van der Waals surface area (Å²) in [7, 11) is 1.84. The first-order valence-electron chi connectivity index (χ1n) is 5.07. The monoisotopic (exact) mass is 395 g/mol. The van der Waals surface area contributed by atoms with Crippen molar-refractivity contribution in [2.75, 3.05) is 12.4 Å². The molecule has 0 aliphatic heterocycles. The molecule has 1 aromatic rings. The molecule has 1 atom stereocenters. The molecule has 0 bridgehead atoms. The molecule has 0 aliphatic rings. The van der Waals surface area contributed by atoms with Crippen LogP contribution in [-0.2, 0) is 0 Å². The lowest BCUT2D eigenvalue weighted by Crippen LogP contribution is -2.36. The van der Waals surface area contributed by atoms with Gasteiger partial charge in [0.15, 0.2) is 0 Å². The van der Waals surface area contributed by atoms with Gasteiger partial charge < -0.3 is 4.90 Å². The van der Waals surface area contributed by atoms with Gasteiger partial charge in [-0.1, -0.05) is 28.1 Å². The maximum atomic E-state index is 12.2. The van der Waals surface area contributed by atoms with Gasteiger partial charge in [-0.2, -0.15) is 0 Å². The SMILES string of the molecule is Cc1cccc(C(=O)N(C)C(C)CBr)c1I. The van der Waals surface area contributed by atoms with Crippen LogP contribution in [0, 0.1) is 10.5 Å². The fourth-order valence-electron chi connectivity index (χ4n) is 1.31. The average Bonchev–Trinajstić information content (AvgIpc) is 2.29. The van der Waals surface area contributed by atoms with Crippen LogP contribution in [0.4, 0.5) is 0 Å². The van der Waals surface area contributed by atoms with Crippen LogP contribution in [0.15, 0.2) is 18.2 Å². The van der Waals surface area contributed by atoms with Crippen LogP contribution >= 0.6 is 38.5 Å². The minimum Gasteiger partial charge on any atom is -0.338 e. The van der Waals surface area contributed by atoms with E-state index in [0.717, 1.165) is 20.0 Å². The van der Waals surface area contributed by atoms with E-state index in [1.54, 1.807) is 4.90 Å². The highest BCUT2D eigenvalue weighted by atomic mass is 127. The Morgan fingerprint density at radius 3 is 2.75 bits per heavy atom. The van der Waals surface area contributed by atoms with Gasteiger partial charge in [-0.25, -0.2) is 0 Å². The number of nitrogens with zero attached hydrogens (tertiary/aromatic N) is 1. The molecule has 0 N–H and O–H groups in total. The zero-order valence-corrected chi connectivity index (χ0v) is 13.4. The summed E-state index contributed by atoms with van der Waals surface area (Å²) in [5, 5.41) is 0.789. The van der Waals surface area contributed by atoms with E-state index in [9.17, 15) is 4.79 Å². The van der Waals surface area contributed by atoms with Gasteiger partial charge in [-0.05, 0) is 48.1 Å². The lowest BCUT2D eigenvalue weighted by Gasteiger charge is -2.24. The van der Waals surface area contributed by atoms with Crippen molar-refractivity contribution in [2.45, 2.75) is 19.9 Å². The normalized spacial score (nSPS) is 12.3. The minimum atomic E-state index is 0.0834. The van der Waals surface area contributed by atoms with E-state index in [2.05, 4.69) is 38.5 Å². The van der Waals surface area contributed by atoms with Gasteiger partial charge >= 0.3 is 0 Å². The maximum Gasteiger partial charge on any atom is 0.254 e. The molecule has 1 aromatic carbocycles. The minimum absolute atomic E-state index is 0.0834. The molecule has 0 spiro atoms. The standard InChI is InChI=1S/C12H15BrINO/c1-8-5-4-6-10(11(8)14)12(16)15(3)9(2)7-13/h4-6,9H,7H2,1-3H3. The zero-order valence-electron chi connectivity index (χ0n) is 9.63. The Hall–Kier alpha value is -0.100. The molecule has 0 fully saturated rings. The van der Waals surface area contributed by atoms with Crippen molar-refractivity contribution >= 4 is 44.4 Å². The first-order valence-corrected chi connectivity index (χ1v) is 7.27. The van der Waals surface area contributed by atoms with Crippen LogP contribution in [-0.4, -0.2) is 29.2 Å². The van der Waals surface area contributed by atoms with Crippen LogP contribution in [0.25, 0.3) is 0 Å². The summed E-state index contributed by atoms with van der Waals surface area (Å²) >= 11 is 5.62. The van der Waals surface area contributed by atoms with Crippen LogP contribution in [0.2, 0.25) is 0 Å². The van der Waals surface area contributed by atoms with Crippen LogP contribution in [0.5, 0.6) is 0 Å². The van der Waals surface area contributed by atoms with Crippen molar-refractivity contribution in [1.82, 2.24) is 4.90 Å². The highest BCUT2D eigenvalue weighted by Gasteiger charge is 2.19. The van der Waals surface area contributed by atoms with Crippen LogP contribution < -0.4 is 0 Å². The lowest BCUT2D eigenvalue weighted by molar-refractivity contribution is 0.0757. The van der Waals surface area contributed by atoms with E-state index in [0.29, 0.717) is 0 Å². The number of hydrogen-bond donors (Lipinski definition) is 0. The van der Waals surface area contributed by atoms with Crippen molar-refractivity contribution in [3.63, 3.8) is 0 Å². The zero-order chi connectivity index (χ0) is 12.3. The topological polar surface area (TPSA) is 20.3 Å². The quantitative estimate of drug-likeness (QED) is 0.567. The molecule has 0 saturated carbocycles. The van der Waals surface area contributed by atoms with Crippen molar-refractivity contribution in [2.24, 2.45) is 0 Å². The molecule has 2 nitrogen and oxygen atoms in total. The Bertz CT molecular complexity index is 395. The van der Waals surface area contributed by atoms with Gasteiger partial charge in [-0.15, -0.1) is 0 Å². The van der Waals surface area contributed by atoms with E-state index in [-0.39, 0.29) is 11.9 Å². The summed E-state index contributed by atoms with van der Waals surface area (Å²) < 4.78 is 1.04. The lowest BCUT2D eigenvalue weighted by atomic mass is 10.1. The number of carbonyl (C=O) groups is 1. The summed E-state index contributed by atoms with van der Waals surface area (Å²) in [6.45, 7) is 4.04. The van der Waals surface area contributed by atoms with Gasteiger partial charge in [-0.3, -0.25) is 4.79 Å². The average molecular weight is 396 g/mol. The molecule has 0 heterocycles. The highest BCUT2D eigenvalue weighted by Crippen LogP contribution is 2.19. The highest BCUT2D eigenvalue weighted by molar-refractivity contribution is 14.1. The van der Waals surface area contributed by atoms with Crippen LogP contribution in [0.1, 0.15) is 22.8 Å². The van der Waals surface area contributed by atoms with E-state index < -0.39 is 0 Å². The predicted octanol–water partition coefficient (Wildman–Crippen LogP) is 3.46. The molecular weight excluding hydrogens is 381 g/mol. The summed E-state index contributed by atoms with van der Waals surface area (Å²) in [6, 6.07) is 6.03. The number of benzene rings is 1. The van der Waals surface area contributed by atoms with Crippen molar-refractivity contribution in [3.8, 4) is 0 Å². The molecule has 4 heteroatoms. The Morgan fingerprint density at radius 2 is 2.19 bits per heavy atom. The summed E-state index contributed by atoms with van der Waals surface area (Å²) in [5.41, 5.74) is 1.93. The van der Waals surface area contributed by atoms with Gasteiger partial charge in [0.1, 0.15) is 0 Å².